The lowest BCUT2D eigenvalue weighted by Gasteiger charge is -2.29. The Morgan fingerprint density at radius 3 is 2.31 bits per heavy atom. The second-order valence-corrected chi connectivity index (χ2v) is 13.6. The molecule has 0 aromatic heterocycles. The van der Waals surface area contributed by atoms with Gasteiger partial charge >= 0.3 is 12.1 Å². The molecule has 3 aromatic rings. The van der Waals surface area contributed by atoms with E-state index >= 15 is 0 Å². The summed E-state index contributed by atoms with van der Waals surface area (Å²) >= 11 is 6.07. The van der Waals surface area contributed by atoms with Crippen molar-refractivity contribution < 1.29 is 37.4 Å². The minimum absolute atomic E-state index is 0.00192. The first-order chi connectivity index (χ1) is 21.2. The lowest BCUT2D eigenvalue weighted by molar-refractivity contribution is -0.142. The SMILES string of the molecule is CCOC(=O)CCNC(=O)c1cccc(S(=O)(=O)c2ccc(CCN(C[C@H](O)c3cccc(Cl)c3)C(=O)OC(C)(C)C)cc2)c1. The number of hydrogen-bond acceptors (Lipinski definition) is 8. The minimum atomic E-state index is -3.95. The topological polar surface area (TPSA) is 139 Å². The molecule has 0 radical (unpaired) electrons. The van der Waals surface area contributed by atoms with Crippen molar-refractivity contribution in [3.63, 3.8) is 0 Å². The van der Waals surface area contributed by atoms with E-state index in [-0.39, 0.29) is 48.0 Å². The lowest BCUT2D eigenvalue weighted by Crippen LogP contribution is -2.40. The van der Waals surface area contributed by atoms with Crippen LogP contribution in [0.25, 0.3) is 0 Å². The van der Waals surface area contributed by atoms with Crippen LogP contribution < -0.4 is 5.32 Å². The van der Waals surface area contributed by atoms with Crippen LogP contribution in [-0.2, 0) is 30.5 Å². The smallest absolute Gasteiger partial charge is 0.410 e. The second kappa shape index (κ2) is 15.9. The van der Waals surface area contributed by atoms with Gasteiger partial charge < -0.3 is 24.8 Å². The Hall–Kier alpha value is -3.93. The molecule has 0 aliphatic heterocycles. The molecule has 0 unspecified atom stereocenters. The van der Waals surface area contributed by atoms with Crippen LogP contribution in [0, 0.1) is 0 Å². The number of nitrogens with one attached hydrogen (secondary N) is 1. The summed E-state index contributed by atoms with van der Waals surface area (Å²) in [6.07, 6.45) is -1.22. The number of carbonyl (C=O) groups excluding carboxylic acids is 3. The maximum Gasteiger partial charge on any atom is 0.410 e. The van der Waals surface area contributed by atoms with E-state index in [1.54, 1.807) is 64.1 Å². The van der Waals surface area contributed by atoms with Crippen LogP contribution in [0.1, 0.15) is 61.7 Å². The van der Waals surface area contributed by atoms with Gasteiger partial charge in [-0.25, -0.2) is 13.2 Å². The van der Waals surface area contributed by atoms with Crippen LogP contribution in [0.3, 0.4) is 0 Å². The summed E-state index contributed by atoms with van der Waals surface area (Å²) < 4.78 is 37.1. The fourth-order valence-corrected chi connectivity index (χ4v) is 5.77. The number of rotatable bonds is 13. The molecule has 0 fully saturated rings. The molecular weight excluding hydrogens is 620 g/mol. The molecule has 3 aromatic carbocycles. The van der Waals surface area contributed by atoms with E-state index in [9.17, 15) is 27.9 Å². The summed E-state index contributed by atoms with van der Waals surface area (Å²) in [5, 5.41) is 13.9. The number of amides is 2. The zero-order chi connectivity index (χ0) is 33.2. The van der Waals surface area contributed by atoms with E-state index < -0.39 is 39.5 Å². The Morgan fingerprint density at radius 1 is 0.978 bits per heavy atom. The lowest BCUT2D eigenvalue weighted by atomic mass is 10.1. The molecule has 0 spiro atoms. The van der Waals surface area contributed by atoms with E-state index in [0.717, 1.165) is 5.56 Å². The highest BCUT2D eigenvalue weighted by atomic mass is 35.5. The Kier molecular flexibility index (Phi) is 12.5. The molecule has 45 heavy (non-hydrogen) atoms. The van der Waals surface area contributed by atoms with Crippen LogP contribution in [-0.4, -0.2) is 68.2 Å². The summed E-state index contributed by atoms with van der Waals surface area (Å²) in [7, 11) is -3.95. The first-order valence-electron chi connectivity index (χ1n) is 14.5. The molecule has 0 bridgehead atoms. The quantitative estimate of drug-likeness (QED) is 0.234. The van der Waals surface area contributed by atoms with E-state index in [1.807, 2.05) is 0 Å². The van der Waals surface area contributed by atoms with Crippen molar-refractivity contribution in [1.29, 1.82) is 0 Å². The molecule has 0 aliphatic rings. The number of carbonyl (C=O) groups is 3. The van der Waals surface area contributed by atoms with Crippen LogP contribution in [0.4, 0.5) is 4.79 Å². The largest absolute Gasteiger partial charge is 0.466 e. The Labute approximate surface area is 269 Å². The van der Waals surface area contributed by atoms with Gasteiger partial charge in [0, 0.05) is 23.7 Å². The maximum atomic E-state index is 13.4. The summed E-state index contributed by atoms with van der Waals surface area (Å²) in [5.41, 5.74) is 0.713. The highest BCUT2D eigenvalue weighted by Gasteiger charge is 2.25. The van der Waals surface area contributed by atoms with Gasteiger partial charge in [-0.05, 0) is 87.7 Å². The van der Waals surface area contributed by atoms with Gasteiger partial charge in [0.1, 0.15) is 5.60 Å². The van der Waals surface area contributed by atoms with Crippen molar-refractivity contribution in [3.8, 4) is 0 Å². The predicted octanol–water partition coefficient (Wildman–Crippen LogP) is 5.37. The van der Waals surface area contributed by atoms with Gasteiger partial charge in [-0.1, -0.05) is 41.9 Å². The molecule has 3 rings (SSSR count). The zero-order valence-electron chi connectivity index (χ0n) is 25.8. The highest BCUT2D eigenvalue weighted by molar-refractivity contribution is 7.91. The maximum absolute atomic E-state index is 13.4. The summed E-state index contributed by atoms with van der Waals surface area (Å²) in [5.74, 6) is -0.952. The van der Waals surface area contributed by atoms with Gasteiger partial charge in [-0.2, -0.15) is 0 Å². The summed E-state index contributed by atoms with van der Waals surface area (Å²) in [6.45, 7) is 7.42. The normalized spacial score (nSPS) is 12.2. The van der Waals surface area contributed by atoms with Crippen molar-refractivity contribution in [3.05, 3.63) is 94.5 Å². The molecular formula is C33H39ClN2O8S. The number of sulfone groups is 1. The third-order valence-electron chi connectivity index (χ3n) is 6.51. The number of ether oxygens (including phenoxy) is 2. The summed E-state index contributed by atoms with van der Waals surface area (Å²) in [6, 6.07) is 18.7. The molecule has 1 atom stereocenters. The van der Waals surface area contributed by atoms with Gasteiger partial charge in [0.25, 0.3) is 5.91 Å². The third-order valence-corrected chi connectivity index (χ3v) is 8.51. The Balaban J connectivity index is 1.70. The number of hydrogen-bond donors (Lipinski definition) is 2. The second-order valence-electron chi connectivity index (χ2n) is 11.2. The fraction of sp³-hybridized carbons (Fsp3) is 0.364. The zero-order valence-corrected chi connectivity index (χ0v) is 27.4. The number of halogens is 1. The molecule has 0 heterocycles. The van der Waals surface area contributed by atoms with Crippen LogP contribution in [0.2, 0.25) is 5.02 Å². The van der Waals surface area contributed by atoms with Gasteiger partial charge in [0.15, 0.2) is 0 Å². The van der Waals surface area contributed by atoms with E-state index in [1.165, 1.54) is 41.3 Å². The average Bonchev–Trinajstić information content (AvgIpc) is 2.98. The van der Waals surface area contributed by atoms with Crippen molar-refractivity contribution in [2.45, 2.75) is 62.0 Å². The van der Waals surface area contributed by atoms with Crippen molar-refractivity contribution >= 4 is 39.4 Å². The molecule has 242 valence electrons. The van der Waals surface area contributed by atoms with Gasteiger partial charge in [0.2, 0.25) is 9.84 Å². The van der Waals surface area contributed by atoms with Gasteiger partial charge in [-0.15, -0.1) is 0 Å². The molecule has 0 saturated carbocycles. The van der Waals surface area contributed by atoms with Crippen LogP contribution >= 0.6 is 11.6 Å². The van der Waals surface area contributed by atoms with Crippen molar-refractivity contribution in [2.75, 3.05) is 26.2 Å². The van der Waals surface area contributed by atoms with Gasteiger partial charge in [0.05, 0.1) is 35.5 Å². The standard InChI is InChI=1S/C33H39ClN2O8S/c1-5-43-30(38)16-18-35-31(39)25-9-7-11-28(21-25)45(41,42)27-14-12-23(13-15-27)17-19-36(32(40)44-33(2,3)4)22-29(37)24-8-6-10-26(34)20-24/h6-15,20-21,29,37H,5,16-19,22H2,1-4H3,(H,35,39)/t29-/m0/s1. The number of esters is 1. The molecule has 2 amide bonds. The fourth-order valence-electron chi connectivity index (χ4n) is 4.26. The minimum Gasteiger partial charge on any atom is -0.466 e. The number of benzene rings is 3. The molecule has 2 N–H and O–H groups in total. The monoisotopic (exact) mass is 658 g/mol. The molecule has 10 nitrogen and oxygen atoms in total. The molecule has 12 heteroatoms. The van der Waals surface area contributed by atoms with E-state index in [2.05, 4.69) is 5.32 Å². The predicted molar refractivity (Wildman–Crippen MR) is 170 cm³/mol. The van der Waals surface area contributed by atoms with Crippen LogP contribution in [0.5, 0.6) is 0 Å². The highest BCUT2D eigenvalue weighted by Crippen LogP contribution is 2.24. The summed E-state index contributed by atoms with van der Waals surface area (Å²) in [4.78, 5) is 38.4. The van der Waals surface area contributed by atoms with Crippen molar-refractivity contribution in [2.24, 2.45) is 0 Å². The average molecular weight is 659 g/mol. The van der Waals surface area contributed by atoms with E-state index in [0.29, 0.717) is 17.0 Å². The van der Waals surface area contributed by atoms with Crippen LogP contribution in [0.15, 0.2) is 82.6 Å². The third kappa shape index (κ3) is 10.9. The first-order valence-corrected chi connectivity index (χ1v) is 16.3. The molecule has 0 aliphatic carbocycles. The number of aliphatic hydroxyl groups is 1. The Bertz CT molecular complexity index is 1590. The van der Waals surface area contributed by atoms with Gasteiger partial charge in [-0.3, -0.25) is 9.59 Å². The van der Waals surface area contributed by atoms with Crippen molar-refractivity contribution in [1.82, 2.24) is 10.2 Å². The Morgan fingerprint density at radius 2 is 1.67 bits per heavy atom. The number of aliphatic hydroxyl groups excluding tert-OH is 1. The molecule has 0 saturated heterocycles. The number of nitrogens with zero attached hydrogens (tertiary/aromatic N) is 1. The van der Waals surface area contributed by atoms with E-state index in [4.69, 9.17) is 21.1 Å². The first kappa shape index (κ1) is 35.5.